The molecule has 0 saturated carbocycles. The topological polar surface area (TPSA) is 54.4 Å². The number of carbonyl (C=O) groups is 1. The first-order valence-corrected chi connectivity index (χ1v) is 5.59. The molecule has 1 N–H and O–H groups in total. The Kier molecular flexibility index (Phi) is 3.19. The lowest BCUT2D eigenvalue weighted by atomic mass is 10.2. The summed E-state index contributed by atoms with van der Waals surface area (Å²) in [6.07, 6.45) is 3.24. The molecule has 0 aromatic carbocycles. The molecule has 0 radical (unpaired) electrons. The number of aromatic nitrogens is 1. The Balaban J connectivity index is 2.20. The first-order valence-electron chi connectivity index (χ1n) is 5.21. The van der Waals surface area contributed by atoms with Crippen molar-refractivity contribution in [3.63, 3.8) is 0 Å². The van der Waals surface area contributed by atoms with Crippen molar-refractivity contribution in [2.24, 2.45) is 4.99 Å². The van der Waals surface area contributed by atoms with Gasteiger partial charge in [0.2, 0.25) is 5.91 Å². The Hall–Kier alpha value is -1.42. The van der Waals surface area contributed by atoms with Gasteiger partial charge in [0.05, 0.1) is 5.02 Å². The van der Waals surface area contributed by atoms with Gasteiger partial charge < -0.3 is 5.32 Å². The van der Waals surface area contributed by atoms with Crippen LogP contribution in [0, 0.1) is 0 Å². The molecule has 1 atom stereocenters. The van der Waals surface area contributed by atoms with Gasteiger partial charge in [0, 0.05) is 6.20 Å². The van der Waals surface area contributed by atoms with Crippen LogP contribution in [-0.2, 0) is 4.79 Å². The fourth-order valence-electron chi connectivity index (χ4n) is 1.56. The van der Waals surface area contributed by atoms with Crippen molar-refractivity contribution in [1.29, 1.82) is 0 Å². The van der Waals surface area contributed by atoms with E-state index in [1.165, 1.54) is 0 Å². The second-order valence-electron chi connectivity index (χ2n) is 3.63. The Morgan fingerprint density at radius 2 is 2.31 bits per heavy atom. The van der Waals surface area contributed by atoms with Crippen molar-refractivity contribution in [3.05, 3.63) is 29.0 Å². The number of aliphatic imine (C=N–C) groups is 1. The van der Waals surface area contributed by atoms with Crippen molar-refractivity contribution in [2.75, 3.05) is 0 Å². The highest BCUT2D eigenvalue weighted by Gasteiger charge is 2.26. The van der Waals surface area contributed by atoms with Crippen molar-refractivity contribution in [2.45, 2.75) is 25.8 Å². The summed E-state index contributed by atoms with van der Waals surface area (Å²) < 4.78 is 0. The summed E-state index contributed by atoms with van der Waals surface area (Å²) in [6, 6.07) is 3.21. The molecule has 0 aliphatic carbocycles. The maximum absolute atomic E-state index is 11.5. The molecular weight excluding hydrogens is 226 g/mol. The fraction of sp³-hybridized carbons (Fsp3) is 0.364. The first kappa shape index (κ1) is 11.1. The number of nitrogens with one attached hydrogen (secondary N) is 1. The number of amides is 1. The molecule has 16 heavy (non-hydrogen) atoms. The summed E-state index contributed by atoms with van der Waals surface area (Å²) >= 11 is 5.74. The molecular formula is C11H12ClN3O. The van der Waals surface area contributed by atoms with Crippen LogP contribution in [0.3, 0.4) is 0 Å². The van der Waals surface area contributed by atoms with E-state index in [4.69, 9.17) is 11.6 Å². The van der Waals surface area contributed by atoms with Crippen LogP contribution in [0.25, 0.3) is 0 Å². The van der Waals surface area contributed by atoms with E-state index in [2.05, 4.69) is 15.3 Å². The van der Waals surface area contributed by atoms with Gasteiger partial charge in [-0.15, -0.1) is 0 Å². The van der Waals surface area contributed by atoms with E-state index in [9.17, 15) is 4.79 Å². The van der Waals surface area contributed by atoms with Crippen LogP contribution in [0.4, 0.5) is 0 Å². The van der Waals surface area contributed by atoms with Crippen molar-refractivity contribution < 1.29 is 4.79 Å². The van der Waals surface area contributed by atoms with Crippen molar-refractivity contribution in [3.8, 4) is 0 Å². The quantitative estimate of drug-likeness (QED) is 0.871. The van der Waals surface area contributed by atoms with Crippen LogP contribution in [0.2, 0.25) is 5.02 Å². The summed E-state index contributed by atoms with van der Waals surface area (Å²) in [5.41, 5.74) is 0.649. The van der Waals surface area contributed by atoms with Crippen molar-refractivity contribution >= 4 is 23.3 Å². The predicted octanol–water partition coefficient (Wildman–Crippen LogP) is 1.78. The fourth-order valence-corrected chi connectivity index (χ4v) is 1.67. The van der Waals surface area contributed by atoms with Gasteiger partial charge in [-0.2, -0.15) is 0 Å². The Morgan fingerprint density at radius 3 is 2.94 bits per heavy atom. The molecule has 2 heterocycles. The molecule has 4 nitrogen and oxygen atoms in total. The largest absolute Gasteiger partial charge is 0.307 e. The van der Waals surface area contributed by atoms with Crippen LogP contribution in [0.5, 0.6) is 0 Å². The van der Waals surface area contributed by atoms with Crippen LogP contribution in [0.15, 0.2) is 23.3 Å². The number of hydrogen-bond donors (Lipinski definition) is 1. The summed E-state index contributed by atoms with van der Waals surface area (Å²) in [5, 5.41) is 3.30. The number of halogens is 1. The number of hydrogen-bond acceptors (Lipinski definition) is 3. The highest BCUT2D eigenvalue weighted by Crippen LogP contribution is 2.12. The minimum Gasteiger partial charge on any atom is -0.307 e. The second-order valence-corrected chi connectivity index (χ2v) is 4.07. The molecule has 1 unspecified atom stereocenters. The molecule has 1 amide bonds. The third-order valence-corrected chi connectivity index (χ3v) is 2.58. The van der Waals surface area contributed by atoms with Crippen LogP contribution < -0.4 is 5.32 Å². The van der Waals surface area contributed by atoms with Gasteiger partial charge in [0.1, 0.15) is 11.7 Å². The molecule has 0 saturated heterocycles. The molecule has 0 spiro atoms. The number of pyridine rings is 1. The van der Waals surface area contributed by atoms with E-state index in [1.807, 2.05) is 6.92 Å². The van der Waals surface area contributed by atoms with Crippen LogP contribution in [-0.4, -0.2) is 22.8 Å². The molecule has 0 bridgehead atoms. The van der Waals surface area contributed by atoms with Gasteiger partial charge in [-0.3, -0.25) is 14.8 Å². The maximum Gasteiger partial charge on any atom is 0.250 e. The molecule has 2 rings (SSSR count). The summed E-state index contributed by atoms with van der Waals surface area (Å²) in [7, 11) is 0. The second kappa shape index (κ2) is 4.61. The van der Waals surface area contributed by atoms with Crippen LogP contribution >= 0.6 is 11.6 Å². The van der Waals surface area contributed by atoms with Gasteiger partial charge in [0.25, 0.3) is 0 Å². The zero-order valence-corrected chi connectivity index (χ0v) is 9.66. The number of amidine groups is 1. The van der Waals surface area contributed by atoms with Gasteiger partial charge in [-0.05, 0) is 18.6 Å². The molecule has 5 heteroatoms. The average Bonchev–Trinajstić information content (AvgIpc) is 2.62. The Labute approximate surface area is 98.7 Å². The van der Waals surface area contributed by atoms with E-state index in [-0.39, 0.29) is 11.9 Å². The van der Waals surface area contributed by atoms with E-state index in [1.54, 1.807) is 18.3 Å². The zero-order valence-electron chi connectivity index (χ0n) is 8.90. The smallest absolute Gasteiger partial charge is 0.250 e. The van der Waals surface area contributed by atoms with E-state index >= 15 is 0 Å². The highest BCUT2D eigenvalue weighted by molar-refractivity contribution is 6.30. The Morgan fingerprint density at radius 1 is 1.50 bits per heavy atom. The van der Waals surface area contributed by atoms with Gasteiger partial charge in [-0.1, -0.05) is 24.9 Å². The Bertz CT molecular complexity index is 427. The minimum absolute atomic E-state index is 0.0476. The van der Waals surface area contributed by atoms with E-state index in [0.29, 0.717) is 16.6 Å². The third kappa shape index (κ3) is 2.22. The molecule has 1 aliphatic rings. The number of rotatable bonds is 3. The molecule has 1 aliphatic heterocycles. The lowest BCUT2D eigenvalue weighted by molar-refractivity contribution is -0.120. The summed E-state index contributed by atoms with van der Waals surface area (Å²) in [5.74, 6) is 0.494. The third-order valence-electron chi connectivity index (χ3n) is 2.36. The van der Waals surface area contributed by atoms with Crippen LogP contribution in [0.1, 0.15) is 25.5 Å². The molecule has 0 fully saturated rings. The number of carbonyl (C=O) groups excluding carboxylic acids is 1. The SMILES string of the molecule is CCCC1N=C(c2ccc(Cl)cn2)NC1=O. The molecule has 1 aromatic heterocycles. The maximum atomic E-state index is 11.5. The zero-order chi connectivity index (χ0) is 11.5. The van der Waals surface area contributed by atoms with Gasteiger partial charge in [0.15, 0.2) is 5.84 Å². The lowest BCUT2D eigenvalue weighted by Crippen LogP contribution is -2.29. The minimum atomic E-state index is -0.266. The van der Waals surface area contributed by atoms with Gasteiger partial charge in [-0.25, -0.2) is 0 Å². The highest BCUT2D eigenvalue weighted by atomic mass is 35.5. The standard InChI is InChI=1S/C11H12ClN3O/c1-2-3-9-11(16)15-10(14-9)8-5-4-7(12)6-13-8/h4-6,9H,2-3H2,1H3,(H,14,15,16). The monoisotopic (exact) mass is 237 g/mol. The normalized spacial score (nSPS) is 19.5. The predicted molar refractivity (Wildman–Crippen MR) is 62.6 cm³/mol. The molecule has 1 aromatic rings. The van der Waals surface area contributed by atoms with Gasteiger partial charge >= 0.3 is 0 Å². The van der Waals surface area contributed by atoms with E-state index in [0.717, 1.165) is 12.8 Å². The first-order chi connectivity index (χ1) is 7.70. The van der Waals surface area contributed by atoms with E-state index < -0.39 is 0 Å². The summed E-state index contributed by atoms with van der Waals surface area (Å²) in [6.45, 7) is 2.03. The number of nitrogens with zero attached hydrogens (tertiary/aromatic N) is 2. The lowest BCUT2D eigenvalue weighted by Gasteiger charge is -1.99. The summed E-state index contributed by atoms with van der Waals surface area (Å²) in [4.78, 5) is 20.0. The average molecular weight is 238 g/mol. The van der Waals surface area contributed by atoms with Crippen molar-refractivity contribution in [1.82, 2.24) is 10.3 Å². The molecule has 84 valence electrons.